The zero-order chi connectivity index (χ0) is 23.8. The van der Waals surface area contributed by atoms with Crippen LogP contribution in [-0.2, 0) is 22.0 Å². The Hall–Kier alpha value is -3.19. The fourth-order valence-electron chi connectivity index (χ4n) is 5.25. The molecule has 2 aliphatic rings. The molecule has 1 N–H and O–H groups in total. The summed E-state index contributed by atoms with van der Waals surface area (Å²) in [5.41, 5.74) is 2.94. The number of amides is 1. The second kappa shape index (κ2) is 8.87. The minimum absolute atomic E-state index is 0.109. The second-order valence-corrected chi connectivity index (χ2v) is 11.1. The molecule has 3 aromatic rings. The Labute approximate surface area is 199 Å². The summed E-state index contributed by atoms with van der Waals surface area (Å²) in [6, 6.07) is 19.8. The molecule has 0 bridgehead atoms. The van der Waals surface area contributed by atoms with Crippen LogP contribution in [0.4, 0.5) is 10.1 Å². The molecule has 1 spiro atoms. The van der Waals surface area contributed by atoms with Gasteiger partial charge in [0.1, 0.15) is 5.82 Å². The quantitative estimate of drug-likeness (QED) is 0.550. The molecule has 5 nitrogen and oxygen atoms in total. The molecule has 0 saturated heterocycles. The maximum absolute atomic E-state index is 13.6. The SMILES string of the molecule is O=C(NCc1ccc(F)cc1)c1ccc(S(=O)(=O)N2CC3(CCCCC3)c3ccccc32)cc1. The lowest BCUT2D eigenvalue weighted by atomic mass is 9.71. The summed E-state index contributed by atoms with van der Waals surface area (Å²) in [7, 11) is -3.76. The fraction of sp³-hybridized carbons (Fsp3) is 0.296. The van der Waals surface area contributed by atoms with E-state index in [1.54, 1.807) is 16.4 Å². The zero-order valence-electron chi connectivity index (χ0n) is 18.8. The van der Waals surface area contributed by atoms with Crippen LogP contribution in [0.25, 0.3) is 0 Å². The molecule has 1 saturated carbocycles. The molecule has 3 aromatic carbocycles. The number of carbonyl (C=O) groups is 1. The molecule has 1 aliphatic heterocycles. The predicted molar refractivity (Wildman–Crippen MR) is 130 cm³/mol. The monoisotopic (exact) mass is 478 g/mol. The highest BCUT2D eigenvalue weighted by atomic mass is 32.2. The smallest absolute Gasteiger partial charge is 0.264 e. The number of sulfonamides is 1. The number of fused-ring (bicyclic) bond motifs is 2. The first-order valence-electron chi connectivity index (χ1n) is 11.6. The summed E-state index contributed by atoms with van der Waals surface area (Å²) >= 11 is 0. The number of benzene rings is 3. The minimum atomic E-state index is -3.76. The van der Waals surface area contributed by atoms with Gasteiger partial charge in [-0.15, -0.1) is 0 Å². The van der Waals surface area contributed by atoms with Crippen molar-refractivity contribution in [1.29, 1.82) is 0 Å². The van der Waals surface area contributed by atoms with Crippen molar-refractivity contribution in [2.75, 3.05) is 10.8 Å². The van der Waals surface area contributed by atoms with Gasteiger partial charge < -0.3 is 5.32 Å². The van der Waals surface area contributed by atoms with Gasteiger partial charge >= 0.3 is 0 Å². The van der Waals surface area contributed by atoms with Gasteiger partial charge in [-0.2, -0.15) is 0 Å². The van der Waals surface area contributed by atoms with Crippen molar-refractivity contribution in [3.8, 4) is 0 Å². The number of halogens is 1. The molecule has 1 amide bonds. The first-order valence-corrected chi connectivity index (χ1v) is 13.1. The number of hydrogen-bond donors (Lipinski definition) is 1. The average Bonchev–Trinajstić information content (AvgIpc) is 3.18. The molecule has 1 fully saturated rings. The third-order valence-corrected chi connectivity index (χ3v) is 8.85. The Morgan fingerprint density at radius 3 is 2.29 bits per heavy atom. The number of nitrogens with zero attached hydrogens (tertiary/aromatic N) is 1. The van der Waals surface area contributed by atoms with Crippen molar-refractivity contribution in [2.45, 2.75) is 49.0 Å². The number of anilines is 1. The highest BCUT2D eigenvalue weighted by Gasteiger charge is 2.46. The number of rotatable bonds is 5. The van der Waals surface area contributed by atoms with E-state index < -0.39 is 10.0 Å². The molecule has 1 heterocycles. The number of hydrogen-bond acceptors (Lipinski definition) is 3. The van der Waals surface area contributed by atoms with Gasteiger partial charge in [-0.3, -0.25) is 9.10 Å². The largest absolute Gasteiger partial charge is 0.348 e. The zero-order valence-corrected chi connectivity index (χ0v) is 19.7. The Bertz CT molecular complexity index is 1300. The van der Waals surface area contributed by atoms with E-state index in [1.165, 1.54) is 42.8 Å². The highest BCUT2D eigenvalue weighted by molar-refractivity contribution is 7.92. The molecule has 5 rings (SSSR count). The molecule has 1 aliphatic carbocycles. The van der Waals surface area contributed by atoms with Crippen molar-refractivity contribution >= 4 is 21.6 Å². The van der Waals surface area contributed by atoms with Crippen LogP contribution in [0.15, 0.2) is 77.7 Å². The molecular weight excluding hydrogens is 451 g/mol. The molecule has 176 valence electrons. The Morgan fingerprint density at radius 2 is 1.59 bits per heavy atom. The lowest BCUT2D eigenvalue weighted by molar-refractivity contribution is 0.0951. The van der Waals surface area contributed by atoms with Crippen LogP contribution in [0.3, 0.4) is 0 Å². The summed E-state index contributed by atoms with van der Waals surface area (Å²) in [4.78, 5) is 12.7. The van der Waals surface area contributed by atoms with Gasteiger partial charge in [0.25, 0.3) is 15.9 Å². The van der Waals surface area contributed by atoms with Gasteiger partial charge in [-0.1, -0.05) is 49.6 Å². The number of para-hydroxylation sites is 1. The molecule has 7 heteroatoms. The first-order chi connectivity index (χ1) is 16.4. The molecule has 0 radical (unpaired) electrons. The predicted octanol–water partition coefficient (Wildman–Crippen LogP) is 5.17. The van der Waals surface area contributed by atoms with Gasteiger partial charge in [-0.05, 0) is 66.4 Å². The van der Waals surface area contributed by atoms with E-state index in [9.17, 15) is 17.6 Å². The van der Waals surface area contributed by atoms with E-state index in [1.807, 2.05) is 18.2 Å². The second-order valence-electron chi connectivity index (χ2n) is 9.20. The summed E-state index contributed by atoms with van der Waals surface area (Å²) < 4.78 is 41.9. The van der Waals surface area contributed by atoms with E-state index in [4.69, 9.17) is 0 Å². The van der Waals surface area contributed by atoms with Crippen LogP contribution >= 0.6 is 0 Å². The van der Waals surface area contributed by atoms with E-state index >= 15 is 0 Å². The van der Waals surface area contributed by atoms with Crippen LogP contribution in [0.1, 0.15) is 53.6 Å². The van der Waals surface area contributed by atoms with Crippen LogP contribution in [0.2, 0.25) is 0 Å². The van der Waals surface area contributed by atoms with Crippen molar-refractivity contribution in [2.24, 2.45) is 0 Å². The number of carbonyl (C=O) groups excluding carboxylic acids is 1. The summed E-state index contributed by atoms with van der Waals surface area (Å²) in [5, 5.41) is 2.78. The van der Waals surface area contributed by atoms with Crippen LogP contribution < -0.4 is 9.62 Å². The lowest BCUT2D eigenvalue weighted by Gasteiger charge is -2.34. The average molecular weight is 479 g/mol. The molecule has 34 heavy (non-hydrogen) atoms. The van der Waals surface area contributed by atoms with Gasteiger partial charge in [0, 0.05) is 24.1 Å². The first kappa shape index (κ1) is 22.6. The molecule has 0 atom stereocenters. The lowest BCUT2D eigenvalue weighted by Crippen LogP contribution is -2.38. The summed E-state index contributed by atoms with van der Waals surface area (Å²) in [6.07, 6.45) is 5.43. The van der Waals surface area contributed by atoms with Crippen molar-refractivity contribution in [3.05, 3.63) is 95.3 Å². The van der Waals surface area contributed by atoms with Crippen LogP contribution in [0.5, 0.6) is 0 Å². The van der Waals surface area contributed by atoms with Gasteiger partial charge in [0.15, 0.2) is 0 Å². The fourth-order valence-corrected chi connectivity index (χ4v) is 6.82. The number of nitrogens with one attached hydrogen (secondary N) is 1. The molecule has 0 aromatic heterocycles. The Morgan fingerprint density at radius 1 is 0.912 bits per heavy atom. The molecule has 0 unspecified atom stereocenters. The van der Waals surface area contributed by atoms with Crippen LogP contribution in [0, 0.1) is 5.82 Å². The van der Waals surface area contributed by atoms with E-state index in [0.29, 0.717) is 12.1 Å². The molecular formula is C27H27FN2O3S. The standard InChI is InChI=1S/C27H27FN2O3S/c28-22-12-8-20(9-13-22)18-29-26(31)21-10-14-23(15-11-21)34(32,33)30-19-27(16-4-1-5-17-27)24-6-2-3-7-25(24)30/h2-3,6-15H,1,4-5,16-19H2,(H,29,31). The third kappa shape index (κ3) is 4.09. The van der Waals surface area contributed by atoms with Gasteiger partial charge in [0.05, 0.1) is 10.6 Å². The van der Waals surface area contributed by atoms with E-state index in [2.05, 4.69) is 11.4 Å². The van der Waals surface area contributed by atoms with Crippen LogP contribution in [-0.4, -0.2) is 20.9 Å². The van der Waals surface area contributed by atoms with Crippen molar-refractivity contribution < 1.29 is 17.6 Å². The minimum Gasteiger partial charge on any atom is -0.348 e. The van der Waals surface area contributed by atoms with Crippen molar-refractivity contribution in [1.82, 2.24) is 5.32 Å². The summed E-state index contributed by atoms with van der Waals surface area (Å²) in [5.74, 6) is -0.650. The Kier molecular flexibility index (Phi) is 5.90. The normalized spacial score (nSPS) is 16.9. The highest BCUT2D eigenvalue weighted by Crippen LogP contribution is 2.50. The maximum Gasteiger partial charge on any atom is 0.264 e. The van der Waals surface area contributed by atoms with E-state index in [0.717, 1.165) is 42.5 Å². The van der Waals surface area contributed by atoms with E-state index in [-0.39, 0.29) is 28.6 Å². The summed E-state index contributed by atoms with van der Waals surface area (Å²) in [6.45, 7) is 0.723. The van der Waals surface area contributed by atoms with Gasteiger partial charge in [-0.25, -0.2) is 12.8 Å². The van der Waals surface area contributed by atoms with Crippen molar-refractivity contribution in [3.63, 3.8) is 0 Å². The maximum atomic E-state index is 13.6. The third-order valence-electron chi connectivity index (χ3n) is 7.07. The van der Waals surface area contributed by atoms with Gasteiger partial charge in [0.2, 0.25) is 0 Å². The Balaban J connectivity index is 1.34. The topological polar surface area (TPSA) is 66.5 Å².